The highest BCUT2D eigenvalue weighted by Gasteiger charge is 2.43. The van der Waals surface area contributed by atoms with E-state index in [4.69, 9.17) is 0 Å². The summed E-state index contributed by atoms with van der Waals surface area (Å²) >= 11 is 0. The molecule has 7 heteroatoms. The maximum absolute atomic E-state index is 13.3. The third kappa shape index (κ3) is 2.37. The van der Waals surface area contributed by atoms with Crippen LogP contribution in [0.15, 0.2) is 24.3 Å². The molecule has 0 amide bonds. The second-order valence-corrected chi connectivity index (χ2v) is 7.87. The fraction of sp³-hybridized carbons (Fsp3) is 0.429. The van der Waals surface area contributed by atoms with Gasteiger partial charge in [-0.25, -0.2) is 12.8 Å². The summed E-state index contributed by atoms with van der Waals surface area (Å²) < 4.78 is 75.4. The highest BCUT2D eigenvalue weighted by atomic mass is 32.2. The smallest absolute Gasteiger partial charge is 0.228 e. The van der Waals surface area contributed by atoms with Gasteiger partial charge in [0.25, 0.3) is 0 Å². The van der Waals surface area contributed by atoms with Gasteiger partial charge in [0.2, 0.25) is 0 Å². The van der Waals surface area contributed by atoms with Gasteiger partial charge in [-0.1, -0.05) is 12.1 Å². The van der Waals surface area contributed by atoms with E-state index in [0.29, 0.717) is 18.4 Å². The molecule has 1 aromatic rings. The lowest BCUT2D eigenvalue weighted by atomic mass is 9.98. The lowest BCUT2D eigenvalue weighted by Crippen LogP contribution is -2.26. The molecule has 0 aromatic heterocycles. The number of halogens is 4. The molecule has 2 aliphatic rings. The van der Waals surface area contributed by atoms with Crippen LogP contribution in [0.3, 0.4) is 0 Å². The van der Waals surface area contributed by atoms with Gasteiger partial charge >= 0.3 is 6.18 Å². The van der Waals surface area contributed by atoms with E-state index < -0.39 is 37.9 Å². The molecule has 0 radical (unpaired) electrons. The Morgan fingerprint density at radius 3 is 2.48 bits per heavy atom. The van der Waals surface area contributed by atoms with Crippen LogP contribution < -0.4 is 0 Å². The zero-order valence-corrected chi connectivity index (χ0v) is 11.6. The Bertz CT molecular complexity index is 719. The van der Waals surface area contributed by atoms with E-state index in [0.717, 1.165) is 12.1 Å². The Hall–Kier alpha value is -1.37. The molecular weight excluding hydrogens is 308 g/mol. The van der Waals surface area contributed by atoms with E-state index in [1.807, 2.05) is 0 Å². The summed E-state index contributed by atoms with van der Waals surface area (Å²) in [4.78, 5) is 0. The third-order valence-corrected chi connectivity index (χ3v) is 6.68. The molecule has 2 bridgehead atoms. The van der Waals surface area contributed by atoms with Gasteiger partial charge in [-0.3, -0.25) is 0 Å². The monoisotopic (exact) mass is 320 g/mol. The summed E-state index contributed by atoms with van der Waals surface area (Å²) in [6, 6.07) is 2.82. The largest absolute Gasteiger partial charge is 0.419 e. The first-order valence-corrected chi connectivity index (χ1v) is 8.11. The van der Waals surface area contributed by atoms with Gasteiger partial charge in [-0.05, 0) is 42.5 Å². The second kappa shape index (κ2) is 4.56. The van der Waals surface area contributed by atoms with E-state index >= 15 is 0 Å². The van der Waals surface area contributed by atoms with Crippen molar-refractivity contribution in [2.75, 3.05) is 0 Å². The summed E-state index contributed by atoms with van der Waals surface area (Å²) in [6.45, 7) is 0. The minimum atomic E-state index is -4.76. The molecule has 1 saturated heterocycles. The number of allylic oxidation sites excluding steroid dienone is 1. The Kier molecular flexibility index (Phi) is 3.16. The summed E-state index contributed by atoms with van der Waals surface area (Å²) in [5.41, 5.74) is -0.514. The molecule has 114 valence electrons. The molecule has 2 unspecified atom stereocenters. The number of alkyl halides is 3. The van der Waals surface area contributed by atoms with Crippen molar-refractivity contribution < 1.29 is 26.0 Å². The van der Waals surface area contributed by atoms with Crippen molar-refractivity contribution in [3.8, 4) is 0 Å². The zero-order chi connectivity index (χ0) is 15.4. The van der Waals surface area contributed by atoms with E-state index in [1.54, 1.807) is 0 Å². The predicted octanol–water partition coefficient (Wildman–Crippen LogP) is 3.58. The molecule has 3 rings (SSSR count). The number of hydrogen-bond acceptors (Lipinski definition) is 2. The predicted molar refractivity (Wildman–Crippen MR) is 69.7 cm³/mol. The summed E-state index contributed by atoms with van der Waals surface area (Å²) in [7, 11) is -3.19. The molecular formula is C14H12F4O2S. The molecule has 0 N–H and O–H groups in total. The minimum absolute atomic E-state index is 0.196. The molecule has 2 atom stereocenters. The quantitative estimate of drug-likeness (QED) is 0.741. The van der Waals surface area contributed by atoms with Gasteiger partial charge in [0.1, 0.15) is 5.82 Å². The Morgan fingerprint density at radius 2 is 1.86 bits per heavy atom. The van der Waals surface area contributed by atoms with Crippen molar-refractivity contribution >= 4 is 15.4 Å². The van der Waals surface area contributed by atoms with Crippen LogP contribution >= 0.6 is 0 Å². The van der Waals surface area contributed by atoms with Crippen LogP contribution in [0, 0.1) is 5.82 Å². The second-order valence-electron chi connectivity index (χ2n) is 5.42. The van der Waals surface area contributed by atoms with Crippen molar-refractivity contribution in [2.45, 2.75) is 35.9 Å². The zero-order valence-electron chi connectivity index (χ0n) is 10.8. The van der Waals surface area contributed by atoms with E-state index in [9.17, 15) is 26.0 Å². The van der Waals surface area contributed by atoms with Crippen molar-refractivity contribution in [1.82, 2.24) is 0 Å². The van der Waals surface area contributed by atoms with Gasteiger partial charge < -0.3 is 0 Å². The van der Waals surface area contributed by atoms with Gasteiger partial charge in [0, 0.05) is 0 Å². The normalized spacial score (nSPS) is 27.5. The lowest BCUT2D eigenvalue weighted by molar-refractivity contribution is -0.140. The molecule has 1 aromatic carbocycles. The standard InChI is InChI=1S/C14H12F4O2S/c15-13-4-1-8(7-12(13)14(16,17)18)9-5-10-2-3-11(6-9)21(10,19)20/h1,4-5,7,10-11H,2-3,6H2. The van der Waals surface area contributed by atoms with E-state index in [2.05, 4.69) is 0 Å². The minimum Gasteiger partial charge on any atom is -0.228 e. The highest BCUT2D eigenvalue weighted by Crippen LogP contribution is 2.42. The summed E-state index contributed by atoms with van der Waals surface area (Å²) in [5.74, 6) is -1.32. The van der Waals surface area contributed by atoms with Crippen LogP contribution in [-0.4, -0.2) is 18.9 Å². The van der Waals surface area contributed by atoms with Gasteiger partial charge in [0.15, 0.2) is 9.84 Å². The number of benzene rings is 1. The molecule has 2 heterocycles. The molecule has 0 spiro atoms. The SMILES string of the molecule is O=S1(=O)C2C=C(c3ccc(F)c(C(F)(F)F)c3)CC1CC2. The van der Waals surface area contributed by atoms with Crippen molar-refractivity contribution in [3.05, 3.63) is 41.2 Å². The maximum atomic E-state index is 13.3. The van der Waals surface area contributed by atoms with Crippen LogP contribution in [0.5, 0.6) is 0 Å². The first-order valence-electron chi connectivity index (χ1n) is 6.50. The number of hydrogen-bond donors (Lipinski definition) is 0. The van der Waals surface area contributed by atoms with Crippen LogP contribution in [0.25, 0.3) is 5.57 Å². The summed E-state index contributed by atoms with van der Waals surface area (Å²) in [6.07, 6.45) is -2.02. The van der Waals surface area contributed by atoms with Crippen LogP contribution in [0.4, 0.5) is 17.6 Å². The molecule has 21 heavy (non-hydrogen) atoms. The average Bonchev–Trinajstić information content (AvgIpc) is 2.57. The van der Waals surface area contributed by atoms with Crippen molar-refractivity contribution in [3.63, 3.8) is 0 Å². The molecule has 0 aliphatic carbocycles. The number of sulfone groups is 1. The van der Waals surface area contributed by atoms with Crippen LogP contribution in [0.1, 0.15) is 30.4 Å². The fourth-order valence-corrected chi connectivity index (χ4v) is 5.21. The number of fused-ring (bicyclic) bond motifs is 2. The highest BCUT2D eigenvalue weighted by molar-refractivity contribution is 7.93. The Labute approximate surface area is 119 Å². The Balaban J connectivity index is 2.04. The third-order valence-electron chi connectivity index (χ3n) is 4.14. The fourth-order valence-electron chi connectivity index (χ4n) is 3.02. The summed E-state index contributed by atoms with van der Waals surface area (Å²) in [5, 5.41) is -1.15. The first kappa shape index (κ1) is 14.6. The van der Waals surface area contributed by atoms with Crippen molar-refractivity contribution in [2.24, 2.45) is 0 Å². The lowest BCUT2D eigenvalue weighted by Gasteiger charge is -2.21. The van der Waals surface area contributed by atoms with Gasteiger partial charge in [-0.2, -0.15) is 13.2 Å². The van der Waals surface area contributed by atoms with Crippen LogP contribution in [0.2, 0.25) is 0 Å². The van der Waals surface area contributed by atoms with Gasteiger partial charge in [-0.15, -0.1) is 0 Å². The van der Waals surface area contributed by atoms with E-state index in [1.165, 1.54) is 12.1 Å². The van der Waals surface area contributed by atoms with Crippen molar-refractivity contribution in [1.29, 1.82) is 0 Å². The molecule has 1 fully saturated rings. The molecule has 2 aliphatic heterocycles. The van der Waals surface area contributed by atoms with Gasteiger partial charge in [0.05, 0.1) is 16.1 Å². The number of rotatable bonds is 1. The topological polar surface area (TPSA) is 34.1 Å². The first-order chi connectivity index (χ1) is 9.69. The molecule has 2 nitrogen and oxygen atoms in total. The average molecular weight is 320 g/mol. The molecule has 0 saturated carbocycles. The maximum Gasteiger partial charge on any atom is 0.419 e. The van der Waals surface area contributed by atoms with Crippen LogP contribution in [-0.2, 0) is 16.0 Å². The van der Waals surface area contributed by atoms with E-state index in [-0.39, 0.29) is 12.0 Å². The Morgan fingerprint density at radius 1 is 1.14 bits per heavy atom.